The van der Waals surface area contributed by atoms with E-state index in [2.05, 4.69) is 6.07 Å². The summed E-state index contributed by atoms with van der Waals surface area (Å²) in [5.74, 6) is 0.742. The molecule has 0 heterocycles. The lowest BCUT2D eigenvalue weighted by atomic mass is 10.0. The van der Waals surface area contributed by atoms with Crippen molar-refractivity contribution in [2.24, 2.45) is 5.92 Å². The SMILES string of the molecule is N#Cc1cccc(COCC2CCCCCC2)c1. The fourth-order valence-corrected chi connectivity index (χ4v) is 2.60. The molecule has 2 nitrogen and oxygen atoms in total. The fourth-order valence-electron chi connectivity index (χ4n) is 2.60. The topological polar surface area (TPSA) is 33.0 Å². The molecule has 0 aliphatic heterocycles. The summed E-state index contributed by atoms with van der Waals surface area (Å²) in [5.41, 5.74) is 1.81. The van der Waals surface area contributed by atoms with E-state index in [1.165, 1.54) is 38.5 Å². The van der Waals surface area contributed by atoms with Crippen molar-refractivity contribution in [2.75, 3.05) is 6.61 Å². The zero-order chi connectivity index (χ0) is 12.6. The van der Waals surface area contributed by atoms with Crippen molar-refractivity contribution in [3.05, 3.63) is 35.4 Å². The van der Waals surface area contributed by atoms with Crippen molar-refractivity contribution in [3.63, 3.8) is 0 Å². The number of rotatable bonds is 4. The summed E-state index contributed by atoms with van der Waals surface area (Å²) in [5, 5.41) is 8.83. The third-order valence-corrected chi connectivity index (χ3v) is 3.65. The quantitative estimate of drug-likeness (QED) is 0.747. The van der Waals surface area contributed by atoms with Gasteiger partial charge in [0, 0.05) is 6.61 Å². The standard InChI is InChI=1S/C16H21NO/c17-11-15-8-5-9-16(10-15)13-18-12-14-6-3-1-2-4-7-14/h5,8-10,14H,1-4,6-7,12-13H2. The molecule has 0 spiro atoms. The van der Waals surface area contributed by atoms with E-state index in [1.54, 1.807) is 0 Å². The Morgan fingerprint density at radius 1 is 1.17 bits per heavy atom. The Morgan fingerprint density at radius 3 is 2.67 bits per heavy atom. The molecule has 0 N–H and O–H groups in total. The normalized spacial score (nSPS) is 17.1. The molecule has 96 valence electrons. The third-order valence-electron chi connectivity index (χ3n) is 3.65. The van der Waals surface area contributed by atoms with Gasteiger partial charge in [-0.25, -0.2) is 0 Å². The van der Waals surface area contributed by atoms with Gasteiger partial charge in [-0.1, -0.05) is 37.8 Å². The molecule has 1 fully saturated rings. The van der Waals surface area contributed by atoms with E-state index >= 15 is 0 Å². The van der Waals surface area contributed by atoms with Crippen LogP contribution in [0.1, 0.15) is 49.7 Å². The molecular formula is C16H21NO. The van der Waals surface area contributed by atoms with Crippen molar-refractivity contribution in [3.8, 4) is 6.07 Å². The van der Waals surface area contributed by atoms with Gasteiger partial charge in [-0.3, -0.25) is 0 Å². The highest BCUT2D eigenvalue weighted by Gasteiger charge is 2.12. The van der Waals surface area contributed by atoms with Crippen LogP contribution in [-0.2, 0) is 11.3 Å². The first-order chi connectivity index (χ1) is 8.88. The third kappa shape index (κ3) is 4.16. The summed E-state index contributed by atoms with van der Waals surface area (Å²) in [6.07, 6.45) is 8.13. The van der Waals surface area contributed by atoms with Crippen LogP contribution in [0.3, 0.4) is 0 Å². The first-order valence-electron chi connectivity index (χ1n) is 6.95. The molecule has 2 rings (SSSR count). The Bertz CT molecular complexity index is 400. The molecule has 1 aromatic rings. The maximum atomic E-state index is 8.83. The molecule has 0 aromatic heterocycles. The minimum absolute atomic E-state index is 0.631. The van der Waals surface area contributed by atoms with Gasteiger partial charge in [-0.2, -0.15) is 5.26 Å². The average molecular weight is 243 g/mol. The van der Waals surface area contributed by atoms with Gasteiger partial charge in [0.2, 0.25) is 0 Å². The number of nitrogens with zero attached hydrogens (tertiary/aromatic N) is 1. The predicted molar refractivity (Wildman–Crippen MR) is 72.0 cm³/mol. The number of nitriles is 1. The molecule has 0 bridgehead atoms. The lowest BCUT2D eigenvalue weighted by Crippen LogP contribution is -2.08. The van der Waals surface area contributed by atoms with E-state index in [-0.39, 0.29) is 0 Å². The number of ether oxygens (including phenoxy) is 1. The Balaban J connectivity index is 1.75. The van der Waals surface area contributed by atoms with Gasteiger partial charge in [0.1, 0.15) is 0 Å². The summed E-state index contributed by atoms with van der Waals surface area (Å²) < 4.78 is 5.80. The molecule has 0 atom stereocenters. The highest BCUT2D eigenvalue weighted by Crippen LogP contribution is 2.23. The summed E-state index contributed by atoms with van der Waals surface area (Å²) in [6, 6.07) is 9.84. The van der Waals surface area contributed by atoms with Crippen LogP contribution in [-0.4, -0.2) is 6.61 Å². The lowest BCUT2D eigenvalue weighted by Gasteiger charge is -2.14. The minimum atomic E-state index is 0.631. The van der Waals surface area contributed by atoms with E-state index < -0.39 is 0 Å². The molecule has 18 heavy (non-hydrogen) atoms. The largest absolute Gasteiger partial charge is 0.376 e. The summed E-state index contributed by atoms with van der Waals surface area (Å²) in [6.45, 7) is 1.50. The first-order valence-corrected chi connectivity index (χ1v) is 6.95. The maximum absolute atomic E-state index is 8.83. The second-order valence-electron chi connectivity index (χ2n) is 5.18. The Labute approximate surface area is 110 Å². The zero-order valence-electron chi connectivity index (χ0n) is 10.9. The molecule has 1 aliphatic carbocycles. The van der Waals surface area contributed by atoms with Crippen LogP contribution in [0.25, 0.3) is 0 Å². The van der Waals surface area contributed by atoms with Crippen LogP contribution < -0.4 is 0 Å². The van der Waals surface area contributed by atoms with Gasteiger partial charge < -0.3 is 4.74 Å². The zero-order valence-corrected chi connectivity index (χ0v) is 10.9. The van der Waals surface area contributed by atoms with E-state index in [0.717, 1.165) is 18.1 Å². The second kappa shape index (κ2) is 7.18. The van der Waals surface area contributed by atoms with Gasteiger partial charge in [0.25, 0.3) is 0 Å². The van der Waals surface area contributed by atoms with Crippen LogP contribution in [0.15, 0.2) is 24.3 Å². The summed E-state index contributed by atoms with van der Waals surface area (Å²) in [4.78, 5) is 0. The minimum Gasteiger partial charge on any atom is -0.376 e. The molecule has 0 amide bonds. The lowest BCUT2D eigenvalue weighted by molar-refractivity contribution is 0.0819. The van der Waals surface area contributed by atoms with Gasteiger partial charge in [0.05, 0.1) is 18.2 Å². The van der Waals surface area contributed by atoms with Gasteiger partial charge in [-0.15, -0.1) is 0 Å². The molecule has 1 aromatic carbocycles. The molecule has 1 saturated carbocycles. The van der Waals surface area contributed by atoms with Crippen LogP contribution in [0, 0.1) is 17.2 Å². The average Bonchev–Trinajstić information content (AvgIpc) is 2.68. The number of benzene rings is 1. The Hall–Kier alpha value is -1.33. The monoisotopic (exact) mass is 243 g/mol. The number of hydrogen-bond acceptors (Lipinski definition) is 2. The predicted octanol–water partition coefficient (Wildman–Crippen LogP) is 4.05. The van der Waals surface area contributed by atoms with E-state index in [0.29, 0.717) is 12.2 Å². The van der Waals surface area contributed by atoms with Crippen LogP contribution in [0.4, 0.5) is 0 Å². The smallest absolute Gasteiger partial charge is 0.0991 e. The van der Waals surface area contributed by atoms with Gasteiger partial charge in [-0.05, 0) is 36.5 Å². The van der Waals surface area contributed by atoms with Crippen molar-refractivity contribution in [1.82, 2.24) is 0 Å². The molecule has 1 aliphatic rings. The molecule has 0 radical (unpaired) electrons. The van der Waals surface area contributed by atoms with E-state index in [9.17, 15) is 0 Å². The second-order valence-corrected chi connectivity index (χ2v) is 5.18. The first kappa shape index (κ1) is 13.1. The molecular weight excluding hydrogens is 222 g/mol. The van der Waals surface area contributed by atoms with Crippen LogP contribution >= 0.6 is 0 Å². The molecule has 2 heteroatoms. The fraction of sp³-hybridized carbons (Fsp3) is 0.562. The maximum Gasteiger partial charge on any atom is 0.0991 e. The van der Waals surface area contributed by atoms with E-state index in [4.69, 9.17) is 10.00 Å². The van der Waals surface area contributed by atoms with Gasteiger partial charge >= 0.3 is 0 Å². The van der Waals surface area contributed by atoms with Crippen LogP contribution in [0.5, 0.6) is 0 Å². The summed E-state index contributed by atoms with van der Waals surface area (Å²) >= 11 is 0. The molecule has 0 saturated heterocycles. The highest BCUT2D eigenvalue weighted by atomic mass is 16.5. The van der Waals surface area contributed by atoms with Crippen molar-refractivity contribution < 1.29 is 4.74 Å². The van der Waals surface area contributed by atoms with Crippen molar-refractivity contribution in [1.29, 1.82) is 5.26 Å². The summed E-state index contributed by atoms with van der Waals surface area (Å²) in [7, 11) is 0. The van der Waals surface area contributed by atoms with Crippen molar-refractivity contribution >= 4 is 0 Å². The van der Waals surface area contributed by atoms with E-state index in [1.807, 2.05) is 24.3 Å². The Kier molecular flexibility index (Phi) is 5.23. The van der Waals surface area contributed by atoms with Crippen molar-refractivity contribution in [2.45, 2.75) is 45.1 Å². The molecule has 0 unspecified atom stereocenters. The highest BCUT2D eigenvalue weighted by molar-refractivity contribution is 5.32. The number of hydrogen-bond donors (Lipinski definition) is 0. The Morgan fingerprint density at radius 2 is 1.94 bits per heavy atom. The van der Waals surface area contributed by atoms with Gasteiger partial charge in [0.15, 0.2) is 0 Å². The van der Waals surface area contributed by atoms with Crippen LogP contribution in [0.2, 0.25) is 0 Å².